The molecule has 0 saturated carbocycles. The summed E-state index contributed by atoms with van der Waals surface area (Å²) in [7, 11) is 0. The van der Waals surface area contributed by atoms with E-state index in [0.29, 0.717) is 0 Å². The SMILES string of the molecule is CC(=O)OCC(=O)C(Br)(Br)C(C)(C)O. The Labute approximate surface area is 99.3 Å². The maximum absolute atomic E-state index is 11.5. The number of Topliss-reactive ketones (excluding diaryl/α,β-unsaturated/α-hetero) is 1. The number of ether oxygens (including phenoxy) is 1. The molecule has 0 saturated heterocycles. The minimum absolute atomic E-state index is 0.379. The van der Waals surface area contributed by atoms with Gasteiger partial charge in [0.2, 0.25) is 5.78 Å². The lowest BCUT2D eigenvalue weighted by molar-refractivity contribution is -0.146. The van der Waals surface area contributed by atoms with Crippen molar-refractivity contribution in [2.24, 2.45) is 0 Å². The van der Waals surface area contributed by atoms with E-state index in [9.17, 15) is 14.7 Å². The summed E-state index contributed by atoms with van der Waals surface area (Å²) in [6.07, 6.45) is 0. The summed E-state index contributed by atoms with van der Waals surface area (Å²) in [6, 6.07) is 0. The molecule has 1 N–H and O–H groups in total. The lowest BCUT2D eigenvalue weighted by Crippen LogP contribution is -2.47. The molecule has 0 aromatic rings. The zero-order valence-electron chi connectivity index (χ0n) is 8.13. The summed E-state index contributed by atoms with van der Waals surface area (Å²) in [5.41, 5.74) is -1.30. The highest BCUT2D eigenvalue weighted by atomic mass is 79.9. The molecule has 0 aliphatic heterocycles. The summed E-state index contributed by atoms with van der Waals surface area (Å²) >= 11 is 6.09. The molecule has 0 amide bonds. The Kier molecular flexibility index (Phi) is 4.74. The number of hydrogen-bond donors (Lipinski definition) is 1. The van der Waals surface area contributed by atoms with Gasteiger partial charge >= 0.3 is 5.97 Å². The molecule has 0 unspecified atom stereocenters. The zero-order valence-corrected chi connectivity index (χ0v) is 11.3. The average molecular weight is 332 g/mol. The van der Waals surface area contributed by atoms with Gasteiger partial charge in [-0.1, -0.05) is 31.9 Å². The van der Waals surface area contributed by atoms with Gasteiger partial charge in [0.25, 0.3) is 0 Å². The van der Waals surface area contributed by atoms with Crippen LogP contribution in [-0.4, -0.2) is 32.3 Å². The number of carbonyl (C=O) groups excluding carboxylic acids is 2. The van der Waals surface area contributed by atoms with Gasteiger partial charge in [0.1, 0.15) is 0 Å². The van der Waals surface area contributed by atoms with Crippen molar-refractivity contribution in [3.8, 4) is 0 Å². The van der Waals surface area contributed by atoms with Crippen molar-refractivity contribution in [3.63, 3.8) is 0 Å². The van der Waals surface area contributed by atoms with E-state index in [1.165, 1.54) is 20.8 Å². The molecule has 0 aliphatic rings. The first-order valence-electron chi connectivity index (χ1n) is 3.86. The van der Waals surface area contributed by atoms with Gasteiger partial charge in [-0.3, -0.25) is 9.59 Å². The van der Waals surface area contributed by atoms with E-state index in [-0.39, 0.29) is 6.61 Å². The van der Waals surface area contributed by atoms with E-state index in [4.69, 9.17) is 0 Å². The van der Waals surface area contributed by atoms with Crippen molar-refractivity contribution in [3.05, 3.63) is 0 Å². The summed E-state index contributed by atoms with van der Waals surface area (Å²) in [5.74, 6) is -0.995. The van der Waals surface area contributed by atoms with E-state index in [0.717, 1.165) is 0 Å². The van der Waals surface area contributed by atoms with E-state index in [2.05, 4.69) is 36.6 Å². The molecular weight excluding hydrogens is 320 g/mol. The number of rotatable bonds is 4. The van der Waals surface area contributed by atoms with Crippen LogP contribution in [0.3, 0.4) is 0 Å². The first-order valence-corrected chi connectivity index (χ1v) is 5.44. The molecule has 0 atom stereocenters. The fourth-order valence-corrected chi connectivity index (χ4v) is 0.828. The largest absolute Gasteiger partial charge is 0.458 e. The highest BCUT2D eigenvalue weighted by Gasteiger charge is 2.46. The third kappa shape index (κ3) is 3.67. The molecule has 0 heterocycles. The van der Waals surface area contributed by atoms with Crippen LogP contribution in [-0.2, 0) is 14.3 Å². The molecular formula is C8H12Br2O4. The predicted molar refractivity (Wildman–Crippen MR) is 58.5 cm³/mol. The van der Waals surface area contributed by atoms with Gasteiger partial charge in [-0.15, -0.1) is 0 Å². The van der Waals surface area contributed by atoms with Crippen LogP contribution in [0.4, 0.5) is 0 Å². The third-order valence-corrected chi connectivity index (χ3v) is 4.35. The Morgan fingerprint density at radius 3 is 2.07 bits per heavy atom. The molecule has 82 valence electrons. The Hall–Kier alpha value is 0.0600. The van der Waals surface area contributed by atoms with E-state index in [1.54, 1.807) is 0 Å². The van der Waals surface area contributed by atoms with Crippen LogP contribution in [0, 0.1) is 0 Å². The average Bonchev–Trinajstić information content (AvgIpc) is 1.97. The Morgan fingerprint density at radius 1 is 1.36 bits per heavy atom. The number of hydrogen-bond acceptors (Lipinski definition) is 4. The highest BCUT2D eigenvalue weighted by molar-refractivity contribution is 9.26. The number of carbonyl (C=O) groups is 2. The second kappa shape index (κ2) is 4.72. The standard InChI is InChI=1S/C8H12Br2O4/c1-5(11)14-4-6(12)8(9,10)7(2,3)13/h13H,4H2,1-3H3. The monoisotopic (exact) mass is 330 g/mol. The fraction of sp³-hybridized carbons (Fsp3) is 0.750. The molecule has 0 fully saturated rings. The van der Waals surface area contributed by atoms with Gasteiger partial charge in [0.05, 0.1) is 5.60 Å². The molecule has 0 aliphatic carbocycles. The molecule has 14 heavy (non-hydrogen) atoms. The minimum atomic E-state index is -1.30. The molecule has 0 radical (unpaired) electrons. The van der Waals surface area contributed by atoms with Gasteiger partial charge in [-0.05, 0) is 13.8 Å². The summed E-state index contributed by atoms with van der Waals surface area (Å²) in [6.45, 7) is 3.75. The lowest BCUT2D eigenvalue weighted by atomic mass is 10.0. The number of ketones is 1. The topological polar surface area (TPSA) is 63.6 Å². The van der Waals surface area contributed by atoms with Crippen LogP contribution in [0.15, 0.2) is 0 Å². The summed E-state index contributed by atoms with van der Waals surface area (Å²) in [4.78, 5) is 21.9. The van der Waals surface area contributed by atoms with Gasteiger partial charge in [-0.2, -0.15) is 0 Å². The molecule has 0 bridgehead atoms. The second-order valence-electron chi connectivity index (χ2n) is 3.34. The Morgan fingerprint density at radius 2 is 1.79 bits per heavy atom. The quantitative estimate of drug-likeness (QED) is 0.624. The first-order chi connectivity index (χ1) is 6.09. The first kappa shape index (κ1) is 14.1. The van der Waals surface area contributed by atoms with E-state index < -0.39 is 20.6 Å². The lowest BCUT2D eigenvalue weighted by Gasteiger charge is -2.31. The van der Waals surface area contributed by atoms with Crippen LogP contribution >= 0.6 is 31.9 Å². The van der Waals surface area contributed by atoms with Crippen molar-refractivity contribution >= 4 is 43.6 Å². The number of esters is 1. The molecule has 0 spiro atoms. The maximum Gasteiger partial charge on any atom is 0.303 e. The molecule has 4 nitrogen and oxygen atoms in total. The Balaban J connectivity index is 4.45. The summed E-state index contributed by atoms with van der Waals surface area (Å²) < 4.78 is 3.22. The maximum atomic E-state index is 11.5. The van der Waals surface area contributed by atoms with Crippen molar-refractivity contribution in [1.82, 2.24) is 0 Å². The van der Waals surface area contributed by atoms with Gasteiger partial charge in [-0.25, -0.2) is 0 Å². The fourth-order valence-electron chi connectivity index (χ4n) is 0.599. The van der Waals surface area contributed by atoms with Gasteiger partial charge in [0, 0.05) is 6.92 Å². The van der Waals surface area contributed by atoms with Crippen LogP contribution in [0.25, 0.3) is 0 Å². The smallest absolute Gasteiger partial charge is 0.303 e. The molecule has 0 aromatic carbocycles. The Bertz CT molecular complexity index is 242. The summed E-state index contributed by atoms with van der Waals surface area (Å²) in [5, 5.41) is 9.63. The van der Waals surface area contributed by atoms with Crippen LogP contribution < -0.4 is 0 Å². The number of aliphatic hydroxyl groups is 1. The van der Waals surface area contributed by atoms with Crippen molar-refractivity contribution in [2.75, 3.05) is 6.61 Å². The predicted octanol–water partition coefficient (Wildman–Crippen LogP) is 1.38. The number of alkyl halides is 2. The van der Waals surface area contributed by atoms with Crippen LogP contribution in [0.5, 0.6) is 0 Å². The van der Waals surface area contributed by atoms with Crippen molar-refractivity contribution in [1.29, 1.82) is 0 Å². The van der Waals surface area contributed by atoms with Gasteiger partial charge in [0.15, 0.2) is 9.84 Å². The molecule has 0 aromatic heterocycles. The molecule has 0 rings (SSSR count). The van der Waals surface area contributed by atoms with E-state index >= 15 is 0 Å². The minimum Gasteiger partial charge on any atom is -0.458 e. The third-order valence-electron chi connectivity index (χ3n) is 1.53. The van der Waals surface area contributed by atoms with Gasteiger partial charge < -0.3 is 9.84 Å². The van der Waals surface area contributed by atoms with Crippen molar-refractivity contribution < 1.29 is 19.4 Å². The van der Waals surface area contributed by atoms with Crippen LogP contribution in [0.1, 0.15) is 20.8 Å². The zero-order chi connectivity index (χ0) is 11.6. The molecule has 6 heteroatoms. The van der Waals surface area contributed by atoms with Crippen LogP contribution in [0.2, 0.25) is 0 Å². The van der Waals surface area contributed by atoms with E-state index in [1.807, 2.05) is 0 Å². The highest BCUT2D eigenvalue weighted by Crippen LogP contribution is 2.38. The number of halogens is 2. The normalized spacial score (nSPS) is 12.4. The van der Waals surface area contributed by atoms with Crippen molar-refractivity contribution in [2.45, 2.75) is 29.6 Å². The second-order valence-corrected chi connectivity index (χ2v) is 6.78.